The summed E-state index contributed by atoms with van der Waals surface area (Å²) in [7, 11) is 0. The summed E-state index contributed by atoms with van der Waals surface area (Å²) in [5.41, 5.74) is 0.404. The molecule has 20 heavy (non-hydrogen) atoms. The number of rotatable bonds is 3. The second kappa shape index (κ2) is 4.59. The van der Waals surface area contributed by atoms with Crippen LogP contribution in [0.5, 0.6) is 0 Å². The van der Waals surface area contributed by atoms with Gasteiger partial charge in [0.2, 0.25) is 0 Å². The van der Waals surface area contributed by atoms with Gasteiger partial charge in [-0.3, -0.25) is 4.79 Å². The van der Waals surface area contributed by atoms with Crippen LogP contribution in [0, 0.1) is 23.2 Å². The number of hydrogen-bond donors (Lipinski definition) is 1. The number of carbonyl (C=O) groups is 1. The van der Waals surface area contributed by atoms with Gasteiger partial charge >= 0.3 is 0 Å². The molecule has 1 aromatic rings. The van der Waals surface area contributed by atoms with Crippen molar-refractivity contribution in [2.24, 2.45) is 23.2 Å². The highest BCUT2D eigenvalue weighted by Crippen LogP contribution is 2.61. The lowest BCUT2D eigenvalue weighted by Gasteiger charge is -2.59. The van der Waals surface area contributed by atoms with Gasteiger partial charge in [0.1, 0.15) is 0 Å². The zero-order valence-corrected chi connectivity index (χ0v) is 12.9. The maximum absolute atomic E-state index is 12.3. The highest BCUT2D eigenvalue weighted by Gasteiger charge is 2.53. The predicted octanol–water partition coefficient (Wildman–Crippen LogP) is 4.08. The molecule has 1 aromatic heterocycles. The Kier molecular flexibility index (Phi) is 2.95. The summed E-state index contributed by atoms with van der Waals surface area (Å²) >= 11 is 1.54. The maximum Gasteiger partial charge on any atom is 0.261 e. The normalized spacial score (nSPS) is 39.8. The highest BCUT2D eigenvalue weighted by molar-refractivity contribution is 7.12. The molecule has 4 bridgehead atoms. The fraction of sp³-hybridized carbons (Fsp3) is 0.706. The van der Waals surface area contributed by atoms with Crippen LogP contribution in [0.1, 0.15) is 55.1 Å². The summed E-state index contributed by atoms with van der Waals surface area (Å²) in [6, 6.07) is 4.20. The monoisotopic (exact) mass is 289 g/mol. The van der Waals surface area contributed by atoms with Crippen molar-refractivity contribution in [1.29, 1.82) is 0 Å². The first-order valence-corrected chi connectivity index (χ1v) is 8.87. The first kappa shape index (κ1) is 12.9. The second-order valence-corrected chi connectivity index (χ2v) is 8.40. The Morgan fingerprint density at radius 1 is 1.25 bits per heavy atom. The minimum atomic E-state index is 0.128. The predicted molar refractivity (Wildman–Crippen MR) is 81.9 cm³/mol. The minimum absolute atomic E-state index is 0.128. The summed E-state index contributed by atoms with van der Waals surface area (Å²) in [5.74, 6) is 2.97. The molecule has 1 atom stereocenters. The van der Waals surface area contributed by atoms with Crippen molar-refractivity contribution < 1.29 is 4.79 Å². The van der Waals surface area contributed by atoms with E-state index in [0.717, 1.165) is 22.6 Å². The Morgan fingerprint density at radius 2 is 1.85 bits per heavy atom. The van der Waals surface area contributed by atoms with Crippen molar-refractivity contribution in [3.8, 4) is 0 Å². The van der Waals surface area contributed by atoms with Crippen molar-refractivity contribution >= 4 is 17.2 Å². The Morgan fingerprint density at radius 3 is 2.35 bits per heavy atom. The molecule has 4 aliphatic rings. The molecule has 4 saturated carbocycles. The van der Waals surface area contributed by atoms with E-state index in [0.29, 0.717) is 11.5 Å². The van der Waals surface area contributed by atoms with Crippen molar-refractivity contribution in [2.45, 2.75) is 51.5 Å². The van der Waals surface area contributed by atoms with E-state index in [9.17, 15) is 4.79 Å². The zero-order valence-electron chi connectivity index (χ0n) is 12.1. The van der Waals surface area contributed by atoms with Gasteiger partial charge in [-0.1, -0.05) is 6.07 Å². The number of thiophene rings is 1. The van der Waals surface area contributed by atoms with Gasteiger partial charge < -0.3 is 5.32 Å². The third kappa shape index (κ3) is 2.02. The van der Waals surface area contributed by atoms with Crippen LogP contribution in [0.2, 0.25) is 0 Å². The second-order valence-electron chi connectivity index (χ2n) is 7.45. The standard InChI is InChI=1S/C17H23NOS/c1-11(18-16(19)15-3-2-4-20-15)17-8-12-5-13(9-17)7-14(6-12)10-17/h2-4,11-14H,5-10H2,1H3,(H,18,19)/t11-,12?,13?,14?,17?/m0/s1. The molecular formula is C17H23NOS. The van der Waals surface area contributed by atoms with Gasteiger partial charge in [-0.15, -0.1) is 11.3 Å². The molecule has 1 heterocycles. The number of hydrogen-bond acceptors (Lipinski definition) is 2. The molecule has 4 fully saturated rings. The topological polar surface area (TPSA) is 29.1 Å². The molecule has 0 radical (unpaired) electrons. The van der Waals surface area contributed by atoms with Crippen LogP contribution < -0.4 is 5.32 Å². The average molecular weight is 289 g/mol. The minimum Gasteiger partial charge on any atom is -0.348 e. The Balaban J connectivity index is 1.51. The highest BCUT2D eigenvalue weighted by atomic mass is 32.1. The van der Waals surface area contributed by atoms with Gasteiger partial charge in [-0.2, -0.15) is 0 Å². The zero-order chi connectivity index (χ0) is 13.7. The molecular weight excluding hydrogens is 266 g/mol. The van der Waals surface area contributed by atoms with Crippen LogP contribution >= 0.6 is 11.3 Å². The molecule has 4 aliphatic carbocycles. The van der Waals surface area contributed by atoms with Crippen LogP contribution in [0.4, 0.5) is 0 Å². The first-order chi connectivity index (χ1) is 9.64. The molecule has 0 spiro atoms. The van der Waals surface area contributed by atoms with Crippen molar-refractivity contribution in [1.82, 2.24) is 5.32 Å². The third-order valence-electron chi connectivity index (χ3n) is 6.10. The van der Waals surface area contributed by atoms with Gasteiger partial charge in [-0.25, -0.2) is 0 Å². The molecule has 0 saturated heterocycles. The smallest absolute Gasteiger partial charge is 0.261 e. The molecule has 3 heteroatoms. The van der Waals surface area contributed by atoms with E-state index in [-0.39, 0.29) is 5.91 Å². The van der Waals surface area contributed by atoms with Crippen molar-refractivity contribution in [3.63, 3.8) is 0 Å². The van der Waals surface area contributed by atoms with Gasteiger partial charge in [-0.05, 0) is 80.1 Å². The van der Waals surface area contributed by atoms with Crippen LogP contribution in [-0.2, 0) is 0 Å². The van der Waals surface area contributed by atoms with E-state index < -0.39 is 0 Å². The lowest BCUT2D eigenvalue weighted by atomic mass is 9.48. The Labute approximate surface area is 125 Å². The summed E-state index contributed by atoms with van der Waals surface area (Å²) in [6.45, 7) is 2.25. The number of amides is 1. The molecule has 5 rings (SSSR count). The number of nitrogens with one attached hydrogen (secondary N) is 1. The molecule has 2 nitrogen and oxygen atoms in total. The lowest BCUT2D eigenvalue weighted by molar-refractivity contribution is -0.0687. The fourth-order valence-electron chi connectivity index (χ4n) is 5.54. The van der Waals surface area contributed by atoms with Crippen LogP contribution in [-0.4, -0.2) is 11.9 Å². The van der Waals surface area contributed by atoms with E-state index >= 15 is 0 Å². The number of carbonyl (C=O) groups excluding carboxylic acids is 1. The third-order valence-corrected chi connectivity index (χ3v) is 6.97. The maximum atomic E-state index is 12.3. The molecule has 1 amide bonds. The van der Waals surface area contributed by atoms with Crippen molar-refractivity contribution in [2.75, 3.05) is 0 Å². The SMILES string of the molecule is C[C@H](NC(=O)c1cccs1)C12CC3CC(CC(C3)C1)C2. The summed E-state index contributed by atoms with van der Waals surface area (Å²) in [5, 5.41) is 5.29. The summed E-state index contributed by atoms with van der Waals surface area (Å²) in [6.07, 6.45) is 8.45. The molecule has 108 valence electrons. The molecule has 0 aromatic carbocycles. The van der Waals surface area contributed by atoms with Crippen molar-refractivity contribution in [3.05, 3.63) is 22.4 Å². The molecule has 0 unspecified atom stereocenters. The van der Waals surface area contributed by atoms with Gasteiger partial charge in [0.15, 0.2) is 0 Å². The Hall–Kier alpha value is -0.830. The fourth-order valence-corrected chi connectivity index (χ4v) is 6.16. The molecule has 0 aliphatic heterocycles. The Bertz CT molecular complexity index is 472. The van der Waals surface area contributed by atoms with E-state index in [1.165, 1.54) is 49.9 Å². The average Bonchev–Trinajstić information content (AvgIpc) is 2.90. The summed E-state index contributed by atoms with van der Waals surface area (Å²) in [4.78, 5) is 13.2. The van der Waals surface area contributed by atoms with E-state index in [4.69, 9.17) is 0 Å². The van der Waals surface area contributed by atoms with E-state index in [1.54, 1.807) is 0 Å². The van der Waals surface area contributed by atoms with Gasteiger partial charge in [0, 0.05) is 6.04 Å². The van der Waals surface area contributed by atoms with Crippen LogP contribution in [0.3, 0.4) is 0 Å². The summed E-state index contributed by atoms with van der Waals surface area (Å²) < 4.78 is 0. The van der Waals surface area contributed by atoms with Crippen LogP contribution in [0.15, 0.2) is 17.5 Å². The van der Waals surface area contributed by atoms with E-state index in [1.807, 2.05) is 17.5 Å². The lowest BCUT2D eigenvalue weighted by Crippen LogP contribution is -2.55. The first-order valence-electron chi connectivity index (χ1n) is 7.99. The van der Waals surface area contributed by atoms with Gasteiger partial charge in [0.05, 0.1) is 4.88 Å². The molecule has 1 N–H and O–H groups in total. The largest absolute Gasteiger partial charge is 0.348 e. The van der Waals surface area contributed by atoms with Gasteiger partial charge in [0.25, 0.3) is 5.91 Å². The van der Waals surface area contributed by atoms with Crippen LogP contribution in [0.25, 0.3) is 0 Å². The quantitative estimate of drug-likeness (QED) is 0.892. The van der Waals surface area contributed by atoms with E-state index in [2.05, 4.69) is 12.2 Å².